The Kier molecular flexibility index (Phi) is 7.60. The normalized spacial score (nSPS) is 19.0. The standard InChI is InChI=1S/C28H35N5O3/c1-2-20-13-15-21(16-14-20)27(28(35)29-22-8-3-4-9-22)32(18-23-10-7-17-36-23)26(34)19-33-25-12-6-5-11-24(25)30-31-33/h5-6,11-16,22-23,27H,2-4,7-10,17-19H2,1H3,(H,29,35)/t23-,27+/m1/s1. The summed E-state index contributed by atoms with van der Waals surface area (Å²) in [5.41, 5.74) is 3.54. The second-order valence-corrected chi connectivity index (χ2v) is 9.90. The Bertz CT molecular complexity index is 1180. The fourth-order valence-corrected chi connectivity index (χ4v) is 5.37. The first-order valence-electron chi connectivity index (χ1n) is 13.2. The van der Waals surface area contributed by atoms with Crippen LogP contribution in [0.3, 0.4) is 0 Å². The van der Waals surface area contributed by atoms with Gasteiger partial charge >= 0.3 is 0 Å². The van der Waals surface area contributed by atoms with Crippen molar-refractivity contribution in [1.82, 2.24) is 25.2 Å². The molecule has 2 aliphatic rings. The lowest BCUT2D eigenvalue weighted by Crippen LogP contribution is -2.49. The summed E-state index contributed by atoms with van der Waals surface area (Å²) in [6, 6.07) is 15.1. The van der Waals surface area contributed by atoms with Gasteiger partial charge in [-0.3, -0.25) is 9.59 Å². The molecule has 2 amide bonds. The number of benzene rings is 2. The number of fused-ring (bicyclic) bond motifs is 1. The largest absolute Gasteiger partial charge is 0.376 e. The minimum absolute atomic E-state index is 0.00743. The van der Waals surface area contributed by atoms with E-state index in [4.69, 9.17) is 4.74 Å². The first-order valence-corrected chi connectivity index (χ1v) is 13.2. The van der Waals surface area contributed by atoms with E-state index in [9.17, 15) is 9.59 Å². The van der Waals surface area contributed by atoms with Crippen LogP contribution in [0.25, 0.3) is 11.0 Å². The quantitative estimate of drug-likeness (QED) is 0.494. The Labute approximate surface area is 212 Å². The van der Waals surface area contributed by atoms with Gasteiger partial charge in [0.2, 0.25) is 11.8 Å². The molecule has 1 saturated carbocycles. The first-order chi connectivity index (χ1) is 17.6. The molecule has 1 aliphatic carbocycles. The number of hydrogen-bond acceptors (Lipinski definition) is 5. The van der Waals surface area contributed by atoms with E-state index in [1.807, 2.05) is 48.5 Å². The SMILES string of the molecule is CCc1ccc([C@@H](C(=O)NC2CCCC2)N(C[C@H]2CCCO2)C(=O)Cn2nnc3ccccc32)cc1. The fraction of sp³-hybridized carbons (Fsp3) is 0.500. The maximum Gasteiger partial charge on any atom is 0.247 e. The van der Waals surface area contributed by atoms with Gasteiger partial charge in [0.1, 0.15) is 18.1 Å². The highest BCUT2D eigenvalue weighted by Crippen LogP contribution is 2.27. The van der Waals surface area contributed by atoms with Gasteiger partial charge in [0, 0.05) is 19.2 Å². The van der Waals surface area contributed by atoms with Crippen LogP contribution in [0.5, 0.6) is 0 Å². The predicted octanol–water partition coefficient (Wildman–Crippen LogP) is 3.80. The van der Waals surface area contributed by atoms with Crippen LogP contribution in [0.2, 0.25) is 0 Å². The minimum Gasteiger partial charge on any atom is -0.376 e. The summed E-state index contributed by atoms with van der Waals surface area (Å²) in [7, 11) is 0. The summed E-state index contributed by atoms with van der Waals surface area (Å²) < 4.78 is 7.53. The van der Waals surface area contributed by atoms with E-state index in [0.717, 1.165) is 61.5 Å². The summed E-state index contributed by atoms with van der Waals surface area (Å²) in [5.74, 6) is -0.298. The van der Waals surface area contributed by atoms with Crippen molar-refractivity contribution in [2.75, 3.05) is 13.2 Å². The lowest BCUT2D eigenvalue weighted by molar-refractivity contribution is -0.143. The Morgan fingerprint density at radius 3 is 2.58 bits per heavy atom. The number of rotatable bonds is 9. The van der Waals surface area contributed by atoms with Gasteiger partial charge in [-0.25, -0.2) is 4.68 Å². The summed E-state index contributed by atoms with van der Waals surface area (Å²) >= 11 is 0. The molecule has 36 heavy (non-hydrogen) atoms. The van der Waals surface area contributed by atoms with Crippen LogP contribution in [0.1, 0.15) is 62.6 Å². The smallest absolute Gasteiger partial charge is 0.247 e. The molecule has 1 N–H and O–H groups in total. The number of amides is 2. The molecule has 2 fully saturated rings. The predicted molar refractivity (Wildman–Crippen MR) is 137 cm³/mol. The van der Waals surface area contributed by atoms with Crippen molar-refractivity contribution in [3.8, 4) is 0 Å². The summed E-state index contributed by atoms with van der Waals surface area (Å²) in [5, 5.41) is 11.7. The molecule has 0 spiro atoms. The molecule has 5 rings (SSSR count). The molecular weight excluding hydrogens is 454 g/mol. The summed E-state index contributed by atoms with van der Waals surface area (Å²) in [6.07, 6.45) is 6.88. The number of carbonyl (C=O) groups is 2. The number of aryl methyl sites for hydroxylation is 1. The van der Waals surface area contributed by atoms with Crippen molar-refractivity contribution in [2.45, 2.75) is 76.6 Å². The number of ether oxygens (including phenoxy) is 1. The van der Waals surface area contributed by atoms with E-state index in [1.165, 1.54) is 5.56 Å². The van der Waals surface area contributed by atoms with Crippen LogP contribution in [-0.2, 0) is 27.3 Å². The third-order valence-corrected chi connectivity index (χ3v) is 7.42. The van der Waals surface area contributed by atoms with Crippen molar-refractivity contribution < 1.29 is 14.3 Å². The molecular formula is C28H35N5O3. The van der Waals surface area contributed by atoms with Crippen LogP contribution < -0.4 is 5.32 Å². The van der Waals surface area contributed by atoms with Crippen molar-refractivity contribution in [3.05, 3.63) is 59.7 Å². The van der Waals surface area contributed by atoms with Crippen LogP contribution in [-0.4, -0.2) is 57.0 Å². The maximum atomic E-state index is 13.9. The molecule has 2 atom stereocenters. The number of nitrogens with zero attached hydrogens (tertiary/aromatic N) is 4. The third-order valence-electron chi connectivity index (χ3n) is 7.42. The van der Waals surface area contributed by atoms with Gasteiger partial charge in [-0.2, -0.15) is 0 Å². The van der Waals surface area contributed by atoms with E-state index in [0.29, 0.717) is 13.2 Å². The van der Waals surface area contributed by atoms with Crippen LogP contribution in [0.15, 0.2) is 48.5 Å². The topological polar surface area (TPSA) is 89.4 Å². The third kappa shape index (κ3) is 5.43. The van der Waals surface area contributed by atoms with Crippen LogP contribution in [0, 0.1) is 0 Å². The van der Waals surface area contributed by atoms with E-state index >= 15 is 0 Å². The number of aromatic nitrogens is 3. The molecule has 1 saturated heterocycles. The second kappa shape index (κ2) is 11.2. The van der Waals surface area contributed by atoms with Crippen LogP contribution in [0.4, 0.5) is 0 Å². The second-order valence-electron chi connectivity index (χ2n) is 9.90. The first kappa shape index (κ1) is 24.4. The fourth-order valence-electron chi connectivity index (χ4n) is 5.37. The molecule has 0 bridgehead atoms. The highest BCUT2D eigenvalue weighted by molar-refractivity contribution is 5.89. The lowest BCUT2D eigenvalue weighted by Gasteiger charge is -2.34. The molecule has 2 aromatic carbocycles. The minimum atomic E-state index is -0.733. The van der Waals surface area contributed by atoms with Gasteiger partial charge in [-0.1, -0.05) is 61.4 Å². The van der Waals surface area contributed by atoms with Gasteiger partial charge in [0.05, 0.1) is 11.6 Å². The number of nitrogens with one attached hydrogen (secondary N) is 1. The number of para-hydroxylation sites is 1. The molecule has 3 aromatic rings. The molecule has 8 heteroatoms. The number of carbonyl (C=O) groups excluding carboxylic acids is 2. The monoisotopic (exact) mass is 489 g/mol. The van der Waals surface area contributed by atoms with Crippen molar-refractivity contribution >= 4 is 22.8 Å². The molecule has 0 radical (unpaired) electrons. The van der Waals surface area contributed by atoms with Crippen molar-refractivity contribution in [3.63, 3.8) is 0 Å². The number of hydrogen-bond donors (Lipinski definition) is 1. The van der Waals surface area contributed by atoms with E-state index in [1.54, 1.807) is 9.58 Å². The highest BCUT2D eigenvalue weighted by atomic mass is 16.5. The van der Waals surface area contributed by atoms with Gasteiger partial charge in [0.15, 0.2) is 0 Å². The Morgan fingerprint density at radius 2 is 1.86 bits per heavy atom. The Morgan fingerprint density at radius 1 is 1.08 bits per heavy atom. The maximum absolute atomic E-state index is 13.9. The zero-order valence-corrected chi connectivity index (χ0v) is 20.9. The van der Waals surface area contributed by atoms with Gasteiger partial charge in [-0.05, 0) is 55.4 Å². The Hall–Kier alpha value is -3.26. The molecule has 1 aromatic heterocycles. The average molecular weight is 490 g/mol. The van der Waals surface area contributed by atoms with E-state index < -0.39 is 6.04 Å². The zero-order valence-electron chi connectivity index (χ0n) is 20.9. The van der Waals surface area contributed by atoms with E-state index in [2.05, 4.69) is 22.6 Å². The zero-order chi connectivity index (χ0) is 24.9. The van der Waals surface area contributed by atoms with Gasteiger partial charge in [-0.15, -0.1) is 5.10 Å². The van der Waals surface area contributed by atoms with Gasteiger partial charge in [0.25, 0.3) is 0 Å². The Balaban J connectivity index is 1.48. The lowest BCUT2D eigenvalue weighted by atomic mass is 10.00. The molecule has 190 valence electrons. The molecule has 0 unspecified atom stereocenters. The van der Waals surface area contributed by atoms with Gasteiger partial charge < -0.3 is 15.0 Å². The summed E-state index contributed by atoms with van der Waals surface area (Å²) in [4.78, 5) is 29.4. The molecule has 2 heterocycles. The van der Waals surface area contributed by atoms with E-state index in [-0.39, 0.29) is 30.5 Å². The average Bonchev–Trinajstić information content (AvgIpc) is 3.67. The summed E-state index contributed by atoms with van der Waals surface area (Å²) in [6.45, 7) is 3.16. The van der Waals surface area contributed by atoms with Crippen molar-refractivity contribution in [1.29, 1.82) is 0 Å². The van der Waals surface area contributed by atoms with Crippen molar-refractivity contribution in [2.24, 2.45) is 0 Å². The van der Waals surface area contributed by atoms with Crippen LogP contribution >= 0.6 is 0 Å². The molecule has 8 nitrogen and oxygen atoms in total. The highest BCUT2D eigenvalue weighted by Gasteiger charge is 2.35. The molecule has 1 aliphatic heterocycles.